The van der Waals surface area contributed by atoms with Crippen molar-refractivity contribution in [3.63, 3.8) is 0 Å². The summed E-state index contributed by atoms with van der Waals surface area (Å²) in [6, 6.07) is 0. The molecule has 0 aromatic heterocycles. The van der Waals surface area contributed by atoms with Crippen molar-refractivity contribution in [2.45, 2.75) is 33.4 Å². The van der Waals surface area contributed by atoms with Crippen molar-refractivity contribution in [1.29, 1.82) is 0 Å². The maximum Gasteiger partial charge on any atom is 0.151 e. The van der Waals surface area contributed by atoms with E-state index >= 15 is 0 Å². The van der Waals surface area contributed by atoms with Gasteiger partial charge >= 0.3 is 0 Å². The zero-order valence-electron chi connectivity index (χ0n) is 8.56. The summed E-state index contributed by atoms with van der Waals surface area (Å²) < 4.78 is 9.22. The molecule has 0 aromatic carbocycles. The Hall–Kier alpha value is -0.200. The fourth-order valence-electron chi connectivity index (χ4n) is 0.480. The van der Waals surface area contributed by atoms with Gasteiger partial charge in [-0.2, -0.15) is 0 Å². The molecule has 0 heterocycles. The van der Waals surface area contributed by atoms with Crippen LogP contribution in [0.25, 0.3) is 0 Å². The van der Waals surface area contributed by atoms with Crippen LogP contribution in [0.1, 0.15) is 20.8 Å². The largest absolute Gasteiger partial charge is 0.368 e. The molecule has 5 nitrogen and oxygen atoms in total. The quantitative estimate of drug-likeness (QED) is 0.523. The molecular weight excluding hydrogens is 174 g/mol. The van der Waals surface area contributed by atoms with Crippen LogP contribution in [0, 0.1) is 0 Å². The van der Waals surface area contributed by atoms with E-state index in [0.29, 0.717) is 19.8 Å². The standard InChI is InChI=1S/C4H11NO2.C4H10O2/c1-4(6)7-3-2-5;1-3-6-4(2)5/h4,6H,2-3,5H2,1H3;4-5H,3H2,1-2H3. The average molecular weight is 195 g/mol. The highest BCUT2D eigenvalue weighted by Crippen LogP contribution is 1.79. The van der Waals surface area contributed by atoms with E-state index in [0.717, 1.165) is 0 Å². The van der Waals surface area contributed by atoms with Crippen molar-refractivity contribution in [2.24, 2.45) is 5.73 Å². The summed E-state index contributed by atoms with van der Waals surface area (Å²) in [6.45, 7) is 6.45. The zero-order chi connectivity index (χ0) is 10.7. The summed E-state index contributed by atoms with van der Waals surface area (Å²) in [5.41, 5.74) is 5.04. The summed E-state index contributed by atoms with van der Waals surface area (Å²) >= 11 is 0. The SMILES string of the molecule is CC(O)OCCN.CCOC(C)O. The molecule has 0 aliphatic carbocycles. The van der Waals surface area contributed by atoms with E-state index < -0.39 is 12.6 Å². The number of rotatable bonds is 5. The first-order chi connectivity index (χ1) is 6.04. The molecule has 0 fully saturated rings. The summed E-state index contributed by atoms with van der Waals surface area (Å²) in [4.78, 5) is 0. The van der Waals surface area contributed by atoms with E-state index in [2.05, 4.69) is 9.47 Å². The Morgan fingerprint density at radius 1 is 1.15 bits per heavy atom. The van der Waals surface area contributed by atoms with E-state index in [1.54, 1.807) is 13.8 Å². The number of aliphatic hydroxyl groups is 2. The molecule has 2 atom stereocenters. The van der Waals surface area contributed by atoms with E-state index in [4.69, 9.17) is 15.9 Å². The van der Waals surface area contributed by atoms with Crippen molar-refractivity contribution in [2.75, 3.05) is 19.8 Å². The van der Waals surface area contributed by atoms with Gasteiger partial charge < -0.3 is 25.4 Å². The Morgan fingerprint density at radius 2 is 1.62 bits per heavy atom. The van der Waals surface area contributed by atoms with Gasteiger partial charge in [0.25, 0.3) is 0 Å². The van der Waals surface area contributed by atoms with Gasteiger partial charge in [-0.15, -0.1) is 0 Å². The maximum absolute atomic E-state index is 8.41. The number of hydrogen-bond acceptors (Lipinski definition) is 5. The van der Waals surface area contributed by atoms with Gasteiger partial charge in [-0.05, 0) is 20.8 Å². The summed E-state index contributed by atoms with van der Waals surface area (Å²) in [5.74, 6) is 0. The predicted molar refractivity (Wildman–Crippen MR) is 50.0 cm³/mol. The lowest BCUT2D eigenvalue weighted by atomic mass is 10.7. The lowest BCUT2D eigenvalue weighted by molar-refractivity contribution is -0.0820. The Bertz CT molecular complexity index is 88.2. The number of hydrogen-bond donors (Lipinski definition) is 3. The predicted octanol–water partition coefficient (Wildman–Crippen LogP) is -0.339. The normalized spacial score (nSPS) is 14.3. The second kappa shape index (κ2) is 11.8. The lowest BCUT2D eigenvalue weighted by Gasteiger charge is -2.02. The molecule has 5 heteroatoms. The highest BCUT2D eigenvalue weighted by molar-refractivity contribution is 4.29. The van der Waals surface area contributed by atoms with Gasteiger partial charge in [0.1, 0.15) is 0 Å². The fraction of sp³-hybridized carbons (Fsp3) is 1.00. The van der Waals surface area contributed by atoms with Gasteiger partial charge in [0.05, 0.1) is 6.61 Å². The molecule has 0 rings (SSSR count). The average Bonchev–Trinajstić information content (AvgIpc) is 2.01. The molecule has 0 aliphatic rings. The van der Waals surface area contributed by atoms with Crippen LogP contribution in [0.15, 0.2) is 0 Å². The van der Waals surface area contributed by atoms with Crippen LogP contribution in [-0.4, -0.2) is 42.6 Å². The van der Waals surface area contributed by atoms with Crippen molar-refractivity contribution < 1.29 is 19.7 Å². The van der Waals surface area contributed by atoms with Gasteiger partial charge in [0.2, 0.25) is 0 Å². The van der Waals surface area contributed by atoms with Gasteiger partial charge in [-0.1, -0.05) is 0 Å². The lowest BCUT2D eigenvalue weighted by Crippen LogP contribution is -2.14. The van der Waals surface area contributed by atoms with Crippen molar-refractivity contribution in [3.8, 4) is 0 Å². The molecule has 0 bridgehead atoms. The van der Waals surface area contributed by atoms with Gasteiger partial charge in [0, 0.05) is 13.2 Å². The Labute approximate surface area is 79.5 Å². The van der Waals surface area contributed by atoms with Crippen LogP contribution in [0.3, 0.4) is 0 Å². The first-order valence-electron chi connectivity index (χ1n) is 4.34. The zero-order valence-corrected chi connectivity index (χ0v) is 8.56. The Morgan fingerprint density at radius 3 is 1.69 bits per heavy atom. The third-order valence-corrected chi connectivity index (χ3v) is 0.885. The molecule has 0 aliphatic heterocycles. The van der Waals surface area contributed by atoms with Crippen LogP contribution >= 0.6 is 0 Å². The van der Waals surface area contributed by atoms with E-state index in [9.17, 15) is 0 Å². The van der Waals surface area contributed by atoms with E-state index in [1.165, 1.54) is 0 Å². The first-order valence-corrected chi connectivity index (χ1v) is 4.34. The molecule has 0 aromatic rings. The summed E-state index contributed by atoms with van der Waals surface area (Å²) in [5, 5.41) is 16.7. The monoisotopic (exact) mass is 195 g/mol. The smallest absolute Gasteiger partial charge is 0.151 e. The maximum atomic E-state index is 8.41. The molecule has 13 heavy (non-hydrogen) atoms. The Balaban J connectivity index is 0. The molecule has 2 unspecified atom stereocenters. The van der Waals surface area contributed by atoms with Crippen LogP contribution in [0.5, 0.6) is 0 Å². The Kier molecular flexibility index (Phi) is 13.9. The van der Waals surface area contributed by atoms with E-state index in [-0.39, 0.29) is 0 Å². The van der Waals surface area contributed by atoms with Crippen LogP contribution in [-0.2, 0) is 9.47 Å². The third kappa shape index (κ3) is 24.5. The van der Waals surface area contributed by atoms with Crippen molar-refractivity contribution in [1.82, 2.24) is 0 Å². The highest BCUT2D eigenvalue weighted by atomic mass is 16.6. The van der Waals surface area contributed by atoms with Gasteiger partial charge in [-0.25, -0.2) is 0 Å². The van der Waals surface area contributed by atoms with Crippen molar-refractivity contribution in [3.05, 3.63) is 0 Å². The molecule has 0 saturated carbocycles. The van der Waals surface area contributed by atoms with E-state index in [1.807, 2.05) is 6.92 Å². The third-order valence-electron chi connectivity index (χ3n) is 0.885. The summed E-state index contributed by atoms with van der Waals surface area (Å²) in [6.07, 6.45) is -1.28. The first kappa shape index (κ1) is 15.3. The summed E-state index contributed by atoms with van der Waals surface area (Å²) in [7, 11) is 0. The van der Waals surface area contributed by atoms with Gasteiger partial charge in [-0.3, -0.25) is 0 Å². The fourth-order valence-corrected chi connectivity index (χ4v) is 0.480. The second-order valence-electron chi connectivity index (χ2n) is 2.31. The molecule has 0 saturated heterocycles. The van der Waals surface area contributed by atoms with Gasteiger partial charge in [0.15, 0.2) is 12.6 Å². The van der Waals surface area contributed by atoms with Crippen LogP contribution < -0.4 is 5.73 Å². The minimum atomic E-state index is -0.677. The van der Waals surface area contributed by atoms with Crippen LogP contribution in [0.2, 0.25) is 0 Å². The number of nitrogens with two attached hydrogens (primary N) is 1. The highest BCUT2D eigenvalue weighted by Gasteiger charge is 1.88. The molecule has 0 spiro atoms. The number of ether oxygens (including phenoxy) is 2. The number of aliphatic hydroxyl groups excluding tert-OH is 2. The second-order valence-corrected chi connectivity index (χ2v) is 2.31. The molecule has 4 N–H and O–H groups in total. The minimum Gasteiger partial charge on any atom is -0.368 e. The molecular formula is C8H21NO4. The van der Waals surface area contributed by atoms with Crippen molar-refractivity contribution >= 4 is 0 Å². The molecule has 0 radical (unpaired) electrons. The minimum absolute atomic E-state index is 0.428. The topological polar surface area (TPSA) is 84.9 Å². The van der Waals surface area contributed by atoms with Crippen LogP contribution in [0.4, 0.5) is 0 Å². The molecule has 82 valence electrons. The molecule has 0 amide bonds.